The summed E-state index contributed by atoms with van der Waals surface area (Å²) in [5.41, 5.74) is 5.64. The van der Waals surface area contributed by atoms with Crippen LogP contribution in [0.15, 0.2) is 30.6 Å². The molecule has 1 aromatic carbocycles. The van der Waals surface area contributed by atoms with Crippen molar-refractivity contribution >= 4 is 29.3 Å². The van der Waals surface area contributed by atoms with Crippen LogP contribution in [-0.2, 0) is 11.3 Å². The van der Waals surface area contributed by atoms with Gasteiger partial charge in [-0.1, -0.05) is 29.3 Å². The number of rotatable bonds is 4. The van der Waals surface area contributed by atoms with E-state index in [4.69, 9.17) is 33.7 Å². The van der Waals surface area contributed by atoms with Crippen molar-refractivity contribution in [3.63, 3.8) is 0 Å². The first kappa shape index (κ1) is 13.6. The first-order chi connectivity index (χ1) is 9.06. The van der Waals surface area contributed by atoms with Crippen LogP contribution < -0.4 is 5.73 Å². The zero-order valence-corrected chi connectivity index (χ0v) is 11.2. The average Bonchev–Trinajstić information content (AvgIpc) is 2.80. The minimum Gasteiger partial charge on any atom is -0.439 e. The van der Waals surface area contributed by atoms with Crippen molar-refractivity contribution < 1.29 is 9.53 Å². The summed E-state index contributed by atoms with van der Waals surface area (Å²) < 4.78 is 5.04. The summed E-state index contributed by atoms with van der Waals surface area (Å²) in [6, 6.07) is 4.88. The predicted octanol–water partition coefficient (Wildman–Crippen LogP) is 2.42. The number of carbonyl (C=O) groups excluding carboxylic acids is 1. The topological polar surface area (TPSA) is 83.0 Å². The summed E-state index contributed by atoms with van der Waals surface area (Å²) in [5, 5.41) is 8.75. The average molecular weight is 301 g/mol. The van der Waals surface area contributed by atoms with Gasteiger partial charge in [-0.05, 0) is 12.1 Å². The van der Waals surface area contributed by atoms with E-state index in [1.54, 1.807) is 18.2 Å². The number of benzene rings is 1. The van der Waals surface area contributed by atoms with E-state index in [2.05, 4.69) is 10.2 Å². The number of nitrogens with zero attached hydrogens (tertiary/aromatic N) is 3. The molecule has 0 saturated carbocycles. The molecule has 0 saturated heterocycles. The Morgan fingerprint density at radius 2 is 2.05 bits per heavy atom. The molecule has 0 fully saturated rings. The number of halogens is 2. The lowest BCUT2D eigenvalue weighted by Crippen LogP contribution is -2.22. The quantitative estimate of drug-likeness (QED) is 0.940. The molecule has 0 aliphatic rings. The molecule has 6 nitrogen and oxygen atoms in total. The van der Waals surface area contributed by atoms with Crippen molar-refractivity contribution in [2.24, 2.45) is 5.73 Å². The Morgan fingerprint density at radius 3 is 2.63 bits per heavy atom. The van der Waals surface area contributed by atoms with Gasteiger partial charge in [-0.25, -0.2) is 4.79 Å². The van der Waals surface area contributed by atoms with Gasteiger partial charge in [-0.15, -0.1) is 0 Å². The molecule has 0 spiro atoms. The summed E-state index contributed by atoms with van der Waals surface area (Å²) in [5.74, 6) is 0. The Balaban J connectivity index is 2.28. The standard InChI is InChI=1S/C11H10Cl2N4O2/c12-7-1-2-8(9(13)5-7)10(19-11(14)18)6-17-15-3-4-16-17/h1-5,10H,6H2,(H2,14,18). The third-order valence-electron chi connectivity index (χ3n) is 2.36. The lowest BCUT2D eigenvalue weighted by atomic mass is 10.1. The summed E-state index contributed by atoms with van der Waals surface area (Å²) in [6.45, 7) is 0.206. The number of aromatic nitrogens is 3. The zero-order valence-electron chi connectivity index (χ0n) is 9.66. The maximum atomic E-state index is 11.0. The summed E-state index contributed by atoms with van der Waals surface area (Å²) in [7, 11) is 0. The fourth-order valence-electron chi connectivity index (χ4n) is 1.59. The van der Waals surface area contributed by atoms with Crippen LogP contribution in [-0.4, -0.2) is 21.1 Å². The van der Waals surface area contributed by atoms with E-state index in [0.717, 1.165) is 0 Å². The minimum absolute atomic E-state index is 0.206. The summed E-state index contributed by atoms with van der Waals surface area (Å²) >= 11 is 11.9. The summed E-state index contributed by atoms with van der Waals surface area (Å²) in [6.07, 6.45) is 1.45. The van der Waals surface area contributed by atoms with Crippen LogP contribution in [0.1, 0.15) is 11.7 Å². The molecule has 0 radical (unpaired) electrons. The second kappa shape index (κ2) is 5.90. The largest absolute Gasteiger partial charge is 0.439 e. The molecule has 0 bridgehead atoms. The molecule has 8 heteroatoms. The third kappa shape index (κ3) is 3.59. The van der Waals surface area contributed by atoms with Crippen molar-refractivity contribution in [1.29, 1.82) is 0 Å². The Hall–Kier alpha value is -1.79. The molecule has 0 aliphatic heterocycles. The van der Waals surface area contributed by atoms with Crippen molar-refractivity contribution in [1.82, 2.24) is 15.0 Å². The van der Waals surface area contributed by atoms with Gasteiger partial charge in [-0.2, -0.15) is 15.0 Å². The van der Waals surface area contributed by atoms with Crippen molar-refractivity contribution in [3.05, 3.63) is 46.2 Å². The number of hydrogen-bond acceptors (Lipinski definition) is 4. The smallest absolute Gasteiger partial charge is 0.405 e. The molecule has 1 unspecified atom stereocenters. The highest BCUT2D eigenvalue weighted by atomic mass is 35.5. The van der Waals surface area contributed by atoms with E-state index in [-0.39, 0.29) is 6.54 Å². The van der Waals surface area contributed by atoms with Gasteiger partial charge in [0.15, 0.2) is 6.10 Å². The molecule has 19 heavy (non-hydrogen) atoms. The van der Waals surface area contributed by atoms with Crippen LogP contribution >= 0.6 is 23.2 Å². The first-order valence-electron chi connectivity index (χ1n) is 5.31. The predicted molar refractivity (Wildman–Crippen MR) is 69.9 cm³/mol. The highest BCUT2D eigenvalue weighted by molar-refractivity contribution is 6.35. The Bertz CT molecular complexity index is 574. The molecule has 2 rings (SSSR count). The van der Waals surface area contributed by atoms with Gasteiger partial charge >= 0.3 is 6.09 Å². The molecule has 2 N–H and O–H groups in total. The highest BCUT2D eigenvalue weighted by Crippen LogP contribution is 2.29. The van der Waals surface area contributed by atoms with E-state index < -0.39 is 12.2 Å². The van der Waals surface area contributed by atoms with Crippen LogP contribution in [0.25, 0.3) is 0 Å². The van der Waals surface area contributed by atoms with Gasteiger partial charge in [0.25, 0.3) is 0 Å². The van der Waals surface area contributed by atoms with E-state index in [9.17, 15) is 4.79 Å². The second-order valence-corrected chi connectivity index (χ2v) is 4.52. The van der Waals surface area contributed by atoms with Crippen LogP contribution in [0.3, 0.4) is 0 Å². The monoisotopic (exact) mass is 300 g/mol. The van der Waals surface area contributed by atoms with Crippen molar-refractivity contribution in [2.45, 2.75) is 12.6 Å². The van der Waals surface area contributed by atoms with Gasteiger partial charge in [0, 0.05) is 15.6 Å². The van der Waals surface area contributed by atoms with Crippen molar-refractivity contribution in [3.8, 4) is 0 Å². The van der Waals surface area contributed by atoms with E-state index in [1.807, 2.05) is 0 Å². The van der Waals surface area contributed by atoms with Gasteiger partial charge < -0.3 is 10.5 Å². The van der Waals surface area contributed by atoms with Crippen LogP contribution in [0.2, 0.25) is 10.0 Å². The lowest BCUT2D eigenvalue weighted by Gasteiger charge is -2.17. The van der Waals surface area contributed by atoms with Crippen LogP contribution in [0.5, 0.6) is 0 Å². The van der Waals surface area contributed by atoms with Gasteiger partial charge in [-0.3, -0.25) is 0 Å². The number of primary amides is 1. The summed E-state index contributed by atoms with van der Waals surface area (Å²) in [4.78, 5) is 12.3. The van der Waals surface area contributed by atoms with Gasteiger partial charge in [0.05, 0.1) is 12.4 Å². The Morgan fingerprint density at radius 1 is 1.37 bits per heavy atom. The maximum absolute atomic E-state index is 11.0. The molecule has 1 amide bonds. The zero-order chi connectivity index (χ0) is 13.8. The fourth-order valence-corrected chi connectivity index (χ4v) is 2.12. The molecule has 1 heterocycles. The maximum Gasteiger partial charge on any atom is 0.405 e. The number of nitrogens with two attached hydrogens (primary N) is 1. The normalized spacial score (nSPS) is 12.1. The Kier molecular flexibility index (Phi) is 4.24. The van der Waals surface area contributed by atoms with Crippen LogP contribution in [0, 0.1) is 0 Å². The van der Waals surface area contributed by atoms with Crippen LogP contribution in [0.4, 0.5) is 4.79 Å². The molecule has 0 aliphatic carbocycles. The molecular weight excluding hydrogens is 291 g/mol. The highest BCUT2D eigenvalue weighted by Gasteiger charge is 2.20. The van der Waals surface area contributed by atoms with Gasteiger partial charge in [0.1, 0.15) is 6.54 Å². The number of hydrogen-bond donors (Lipinski definition) is 1. The molecule has 100 valence electrons. The molecule has 1 atom stereocenters. The number of amides is 1. The fraction of sp³-hybridized carbons (Fsp3) is 0.182. The number of carbonyl (C=O) groups is 1. The molecule has 2 aromatic rings. The lowest BCUT2D eigenvalue weighted by molar-refractivity contribution is 0.0905. The molecule has 1 aromatic heterocycles. The second-order valence-electron chi connectivity index (χ2n) is 3.68. The van der Waals surface area contributed by atoms with E-state index in [0.29, 0.717) is 15.6 Å². The number of ether oxygens (including phenoxy) is 1. The van der Waals surface area contributed by atoms with E-state index >= 15 is 0 Å². The Labute approximate surface area is 119 Å². The van der Waals surface area contributed by atoms with Gasteiger partial charge in [0.2, 0.25) is 0 Å². The minimum atomic E-state index is -0.900. The first-order valence-corrected chi connectivity index (χ1v) is 6.07. The van der Waals surface area contributed by atoms with E-state index in [1.165, 1.54) is 17.2 Å². The third-order valence-corrected chi connectivity index (χ3v) is 2.93. The SMILES string of the molecule is NC(=O)OC(Cn1nccn1)c1ccc(Cl)cc1Cl. The molecular formula is C11H10Cl2N4O2. The van der Waals surface area contributed by atoms with Crippen molar-refractivity contribution in [2.75, 3.05) is 0 Å².